The van der Waals surface area contributed by atoms with Crippen LogP contribution in [0.15, 0.2) is 12.1 Å². The van der Waals surface area contributed by atoms with Gasteiger partial charge in [0.25, 0.3) is 5.91 Å². The number of carbonyl (C=O) groups is 2. The molecule has 1 aromatic rings. The zero-order valence-electron chi connectivity index (χ0n) is 14.1. The van der Waals surface area contributed by atoms with Crippen LogP contribution in [-0.2, 0) is 16.0 Å². The van der Waals surface area contributed by atoms with Gasteiger partial charge in [0.05, 0.1) is 5.69 Å². The van der Waals surface area contributed by atoms with Crippen molar-refractivity contribution < 1.29 is 14.3 Å². The summed E-state index contributed by atoms with van der Waals surface area (Å²) in [6.07, 6.45) is 6.03. The summed E-state index contributed by atoms with van der Waals surface area (Å²) in [4.78, 5) is 24.2. The lowest BCUT2D eigenvalue weighted by Gasteiger charge is -2.48. The molecule has 0 bridgehead atoms. The van der Waals surface area contributed by atoms with Gasteiger partial charge in [0, 0.05) is 11.8 Å². The van der Waals surface area contributed by atoms with Crippen molar-refractivity contribution in [3.63, 3.8) is 0 Å². The molecule has 1 heterocycles. The number of rotatable bonds is 0. The Balaban J connectivity index is 1.55. The third kappa shape index (κ3) is 1.80. The van der Waals surface area contributed by atoms with Crippen molar-refractivity contribution in [1.82, 2.24) is 0 Å². The van der Waals surface area contributed by atoms with E-state index in [4.69, 9.17) is 4.74 Å². The Labute approximate surface area is 142 Å². The molecule has 1 aliphatic heterocycles. The highest BCUT2D eigenvalue weighted by Crippen LogP contribution is 2.60. The Morgan fingerprint density at radius 1 is 1.17 bits per heavy atom. The minimum Gasteiger partial charge on any atom is -0.482 e. The molecule has 2 saturated carbocycles. The van der Waals surface area contributed by atoms with E-state index in [-0.39, 0.29) is 17.9 Å². The largest absolute Gasteiger partial charge is 0.482 e. The Morgan fingerprint density at radius 3 is 2.92 bits per heavy atom. The second-order valence-electron chi connectivity index (χ2n) is 8.18. The molecule has 126 valence electrons. The van der Waals surface area contributed by atoms with Crippen molar-refractivity contribution in [1.29, 1.82) is 0 Å². The number of amides is 1. The number of ether oxygens (including phenoxy) is 1. The topological polar surface area (TPSA) is 55.4 Å². The number of nitrogens with one attached hydrogen (secondary N) is 1. The molecule has 1 aromatic carbocycles. The molecule has 4 aliphatic rings. The van der Waals surface area contributed by atoms with Crippen molar-refractivity contribution in [2.24, 2.45) is 17.3 Å². The standard InChI is InChI=1S/C20H23NO3/c1-20-9-8-12-11-4-6-16-19(21-18(23)10-24-16)14(11)3-2-13(12)15(20)5-7-17(20)22/h4,6,12-13,15H,2-3,5,7-10H2,1H3,(H,21,23)/t12-,13-,15+,20+/m1/s1. The maximum Gasteiger partial charge on any atom is 0.262 e. The molecule has 5 rings (SSSR count). The van der Waals surface area contributed by atoms with Gasteiger partial charge in [0.15, 0.2) is 6.61 Å². The summed E-state index contributed by atoms with van der Waals surface area (Å²) in [6.45, 7) is 2.32. The highest BCUT2D eigenvalue weighted by Gasteiger charge is 2.54. The first-order valence-corrected chi connectivity index (χ1v) is 9.19. The fourth-order valence-corrected chi connectivity index (χ4v) is 5.99. The number of ketones is 1. The maximum absolute atomic E-state index is 12.4. The number of hydrogen-bond acceptors (Lipinski definition) is 3. The van der Waals surface area contributed by atoms with E-state index in [1.54, 1.807) is 0 Å². The predicted octanol–water partition coefficient (Wildman–Crippen LogP) is 3.44. The average molecular weight is 325 g/mol. The van der Waals surface area contributed by atoms with Gasteiger partial charge in [-0.1, -0.05) is 13.0 Å². The maximum atomic E-state index is 12.4. The predicted molar refractivity (Wildman–Crippen MR) is 90.2 cm³/mol. The second-order valence-corrected chi connectivity index (χ2v) is 8.18. The SMILES string of the molecule is C[C@]12CC[C@@H]3c4ccc5c(c4CC[C@H]3[C@@H]1CCC2=O)NC(=O)CO5. The fraction of sp³-hybridized carbons (Fsp3) is 0.600. The molecular formula is C20H23NO3. The van der Waals surface area contributed by atoms with Crippen LogP contribution in [-0.4, -0.2) is 18.3 Å². The van der Waals surface area contributed by atoms with Crippen LogP contribution in [0.2, 0.25) is 0 Å². The minimum atomic E-state index is -0.0792. The number of benzene rings is 1. The van der Waals surface area contributed by atoms with Crippen LogP contribution in [0.1, 0.15) is 56.1 Å². The van der Waals surface area contributed by atoms with Gasteiger partial charge in [-0.25, -0.2) is 0 Å². The van der Waals surface area contributed by atoms with Gasteiger partial charge in [-0.05, 0) is 67.1 Å². The second kappa shape index (κ2) is 4.84. The molecule has 4 nitrogen and oxygen atoms in total. The van der Waals surface area contributed by atoms with Crippen LogP contribution in [0, 0.1) is 17.3 Å². The summed E-state index contributed by atoms with van der Waals surface area (Å²) in [5.41, 5.74) is 3.48. The molecule has 2 fully saturated rings. The van der Waals surface area contributed by atoms with E-state index in [0.717, 1.165) is 50.0 Å². The minimum absolute atomic E-state index is 0.0596. The number of anilines is 1. The summed E-state index contributed by atoms with van der Waals surface area (Å²) in [5.74, 6) is 2.92. The molecule has 4 atom stereocenters. The van der Waals surface area contributed by atoms with Gasteiger partial charge in [-0.15, -0.1) is 0 Å². The van der Waals surface area contributed by atoms with E-state index in [1.165, 1.54) is 11.1 Å². The van der Waals surface area contributed by atoms with E-state index >= 15 is 0 Å². The Morgan fingerprint density at radius 2 is 2.04 bits per heavy atom. The first-order chi connectivity index (χ1) is 11.6. The Bertz CT molecular complexity index is 755. The monoisotopic (exact) mass is 325 g/mol. The molecule has 4 heteroatoms. The molecule has 0 aromatic heterocycles. The molecule has 1 N–H and O–H groups in total. The quantitative estimate of drug-likeness (QED) is 0.795. The summed E-state index contributed by atoms with van der Waals surface area (Å²) < 4.78 is 5.58. The molecule has 24 heavy (non-hydrogen) atoms. The number of Topliss-reactive ketones (excluding diaryl/α,β-unsaturated/α-hetero) is 1. The van der Waals surface area contributed by atoms with Crippen LogP contribution in [0.5, 0.6) is 5.75 Å². The lowest BCUT2D eigenvalue weighted by molar-refractivity contribution is -0.129. The third-order valence-corrected chi connectivity index (χ3v) is 7.21. The van der Waals surface area contributed by atoms with Crippen molar-refractivity contribution in [3.8, 4) is 5.75 Å². The molecule has 3 aliphatic carbocycles. The van der Waals surface area contributed by atoms with Crippen LogP contribution >= 0.6 is 0 Å². The lowest BCUT2D eigenvalue weighted by atomic mass is 9.55. The van der Waals surface area contributed by atoms with Gasteiger partial charge in [-0.3, -0.25) is 9.59 Å². The van der Waals surface area contributed by atoms with Gasteiger partial charge in [0.2, 0.25) is 0 Å². The number of carbonyl (C=O) groups excluding carboxylic acids is 2. The third-order valence-electron chi connectivity index (χ3n) is 7.21. The highest BCUT2D eigenvalue weighted by molar-refractivity contribution is 5.96. The zero-order chi connectivity index (χ0) is 16.5. The van der Waals surface area contributed by atoms with Crippen LogP contribution in [0.3, 0.4) is 0 Å². The molecule has 1 amide bonds. The summed E-state index contributed by atoms with van der Waals surface area (Å²) in [5, 5.41) is 3.03. The smallest absolute Gasteiger partial charge is 0.262 e. The summed E-state index contributed by atoms with van der Waals surface area (Å²) in [7, 11) is 0. The molecule has 0 unspecified atom stereocenters. The first kappa shape index (κ1) is 14.5. The fourth-order valence-electron chi connectivity index (χ4n) is 5.99. The van der Waals surface area contributed by atoms with E-state index in [0.29, 0.717) is 23.5 Å². The highest BCUT2D eigenvalue weighted by atomic mass is 16.5. The summed E-state index contributed by atoms with van der Waals surface area (Å²) >= 11 is 0. The molecule has 0 spiro atoms. The Hall–Kier alpha value is -1.84. The lowest BCUT2D eigenvalue weighted by Crippen LogP contribution is -2.42. The van der Waals surface area contributed by atoms with E-state index in [9.17, 15) is 9.59 Å². The van der Waals surface area contributed by atoms with Crippen molar-refractivity contribution >= 4 is 17.4 Å². The van der Waals surface area contributed by atoms with Gasteiger partial charge < -0.3 is 10.1 Å². The normalized spacial score (nSPS) is 36.8. The van der Waals surface area contributed by atoms with Crippen molar-refractivity contribution in [2.45, 2.75) is 51.4 Å². The molecular weight excluding hydrogens is 302 g/mol. The van der Waals surface area contributed by atoms with E-state index in [1.807, 2.05) is 6.07 Å². The van der Waals surface area contributed by atoms with E-state index in [2.05, 4.69) is 18.3 Å². The zero-order valence-corrected chi connectivity index (χ0v) is 14.1. The summed E-state index contributed by atoms with van der Waals surface area (Å²) in [6, 6.07) is 4.23. The van der Waals surface area contributed by atoms with Gasteiger partial charge in [0.1, 0.15) is 11.5 Å². The van der Waals surface area contributed by atoms with Crippen molar-refractivity contribution in [2.75, 3.05) is 11.9 Å². The van der Waals surface area contributed by atoms with E-state index < -0.39 is 0 Å². The van der Waals surface area contributed by atoms with Crippen LogP contribution in [0.25, 0.3) is 0 Å². The molecule has 0 saturated heterocycles. The average Bonchev–Trinajstić information content (AvgIpc) is 2.89. The van der Waals surface area contributed by atoms with Crippen LogP contribution in [0.4, 0.5) is 5.69 Å². The number of fused-ring (bicyclic) bond motifs is 7. The number of hydrogen-bond donors (Lipinski definition) is 1. The van der Waals surface area contributed by atoms with Gasteiger partial charge in [-0.2, -0.15) is 0 Å². The van der Waals surface area contributed by atoms with Gasteiger partial charge >= 0.3 is 0 Å². The Kier molecular flexibility index (Phi) is 2.92. The van der Waals surface area contributed by atoms with Crippen LogP contribution < -0.4 is 10.1 Å². The van der Waals surface area contributed by atoms with Crippen molar-refractivity contribution in [3.05, 3.63) is 23.3 Å². The first-order valence-electron chi connectivity index (χ1n) is 9.19. The molecule has 0 radical (unpaired) electrons.